The van der Waals surface area contributed by atoms with E-state index in [1.54, 1.807) is 25.5 Å². The van der Waals surface area contributed by atoms with Crippen LogP contribution in [0.5, 0.6) is 0 Å². The minimum Gasteiger partial charge on any atom is -0.461 e. The normalized spacial score (nSPS) is 10.8. The number of nitrogens with one attached hydrogen (secondary N) is 1. The zero-order chi connectivity index (χ0) is 18.7. The number of aromatic nitrogens is 1. The fourth-order valence-electron chi connectivity index (χ4n) is 2.95. The van der Waals surface area contributed by atoms with Crippen molar-refractivity contribution in [2.45, 2.75) is 40.5 Å². The van der Waals surface area contributed by atoms with E-state index < -0.39 is 5.97 Å². The molecule has 5 heteroatoms. The summed E-state index contributed by atoms with van der Waals surface area (Å²) < 4.78 is 6.81. The van der Waals surface area contributed by atoms with Gasteiger partial charge in [0.25, 0.3) is 5.91 Å². The maximum atomic E-state index is 12.7. The summed E-state index contributed by atoms with van der Waals surface area (Å²) in [7, 11) is 1.77. The number of nitrogens with zero attached hydrogens (tertiary/aromatic N) is 1. The number of hydrogen-bond acceptors (Lipinski definition) is 3. The Balaban J connectivity index is 2.30. The van der Waals surface area contributed by atoms with Crippen molar-refractivity contribution in [3.63, 3.8) is 0 Å². The van der Waals surface area contributed by atoms with E-state index in [1.807, 2.05) is 31.2 Å². The summed E-state index contributed by atoms with van der Waals surface area (Å²) in [5.74, 6) is -0.195. The molecule has 1 N–H and O–H groups in total. The molecule has 1 heterocycles. The average molecular weight is 342 g/mol. The lowest BCUT2D eigenvalue weighted by Crippen LogP contribution is -2.14. The first-order valence-corrected chi connectivity index (χ1v) is 8.52. The number of esters is 1. The van der Waals surface area contributed by atoms with Crippen LogP contribution in [0.4, 0.5) is 5.69 Å². The highest BCUT2D eigenvalue weighted by atomic mass is 16.5. The van der Waals surface area contributed by atoms with Gasteiger partial charge in [-0.25, -0.2) is 4.79 Å². The van der Waals surface area contributed by atoms with Crippen molar-refractivity contribution in [2.24, 2.45) is 7.05 Å². The van der Waals surface area contributed by atoms with Gasteiger partial charge in [0.15, 0.2) is 0 Å². The van der Waals surface area contributed by atoms with E-state index in [0.29, 0.717) is 29.3 Å². The highest BCUT2D eigenvalue weighted by Crippen LogP contribution is 2.24. The summed E-state index contributed by atoms with van der Waals surface area (Å²) in [4.78, 5) is 24.9. The number of carbonyl (C=O) groups excluding carboxylic acids is 2. The van der Waals surface area contributed by atoms with E-state index in [0.717, 1.165) is 11.4 Å². The van der Waals surface area contributed by atoms with Crippen LogP contribution in [0, 0.1) is 13.8 Å². The zero-order valence-electron chi connectivity index (χ0n) is 15.8. The van der Waals surface area contributed by atoms with Crippen LogP contribution in [-0.4, -0.2) is 23.1 Å². The topological polar surface area (TPSA) is 60.3 Å². The average Bonchev–Trinajstić information content (AvgIpc) is 2.77. The van der Waals surface area contributed by atoms with Crippen molar-refractivity contribution in [2.75, 3.05) is 11.9 Å². The van der Waals surface area contributed by atoms with Crippen LogP contribution < -0.4 is 5.32 Å². The van der Waals surface area contributed by atoms with Crippen molar-refractivity contribution in [3.8, 4) is 0 Å². The number of rotatable bonds is 5. The highest BCUT2D eigenvalue weighted by Gasteiger charge is 2.25. The number of benzene rings is 1. The lowest BCUT2D eigenvalue weighted by atomic mass is 10.0. The number of anilines is 1. The van der Waals surface area contributed by atoms with Gasteiger partial charge >= 0.3 is 5.97 Å². The molecule has 0 aliphatic rings. The van der Waals surface area contributed by atoms with Crippen LogP contribution in [0.2, 0.25) is 0 Å². The number of amides is 1. The Morgan fingerprint density at radius 3 is 2.28 bits per heavy atom. The predicted molar refractivity (Wildman–Crippen MR) is 99.3 cm³/mol. The van der Waals surface area contributed by atoms with Gasteiger partial charge in [-0.15, -0.1) is 0 Å². The van der Waals surface area contributed by atoms with Gasteiger partial charge in [0, 0.05) is 18.4 Å². The summed E-state index contributed by atoms with van der Waals surface area (Å²) in [6.45, 7) is 9.91. The molecule has 1 amide bonds. The third-order valence-corrected chi connectivity index (χ3v) is 4.46. The molecule has 1 aromatic heterocycles. The van der Waals surface area contributed by atoms with E-state index in [-0.39, 0.29) is 5.91 Å². The summed E-state index contributed by atoms with van der Waals surface area (Å²) in [6, 6.07) is 7.81. The smallest absolute Gasteiger partial charge is 0.355 e. The molecule has 2 aromatic rings. The molecule has 0 spiro atoms. The van der Waals surface area contributed by atoms with Gasteiger partial charge in [-0.1, -0.05) is 26.0 Å². The van der Waals surface area contributed by atoms with E-state index in [1.165, 1.54) is 5.56 Å². The Morgan fingerprint density at radius 2 is 1.76 bits per heavy atom. The lowest BCUT2D eigenvalue weighted by molar-refractivity contribution is 0.0514. The number of carbonyl (C=O) groups is 2. The molecule has 0 aliphatic heterocycles. The summed E-state index contributed by atoms with van der Waals surface area (Å²) in [5, 5.41) is 2.91. The molecule has 0 saturated heterocycles. The molecule has 0 radical (unpaired) electrons. The minimum absolute atomic E-state index is 0.224. The summed E-state index contributed by atoms with van der Waals surface area (Å²) in [5.41, 5.74) is 4.24. The van der Waals surface area contributed by atoms with Gasteiger partial charge in [-0.3, -0.25) is 4.79 Å². The quantitative estimate of drug-likeness (QED) is 0.829. The van der Waals surface area contributed by atoms with E-state index >= 15 is 0 Å². The molecule has 25 heavy (non-hydrogen) atoms. The Hall–Kier alpha value is -2.56. The Kier molecular flexibility index (Phi) is 5.67. The van der Waals surface area contributed by atoms with Crippen molar-refractivity contribution >= 4 is 17.6 Å². The SMILES string of the molecule is CCOC(=O)c1c(C)c(C(=O)Nc2ccc(C(C)C)cc2)c(C)n1C. The second-order valence-electron chi connectivity index (χ2n) is 6.44. The van der Waals surface area contributed by atoms with Crippen LogP contribution in [0.15, 0.2) is 24.3 Å². The maximum absolute atomic E-state index is 12.7. The number of hydrogen-bond donors (Lipinski definition) is 1. The first-order valence-electron chi connectivity index (χ1n) is 8.52. The van der Waals surface area contributed by atoms with Gasteiger partial charge in [0.05, 0.1) is 12.2 Å². The van der Waals surface area contributed by atoms with Crippen LogP contribution in [-0.2, 0) is 11.8 Å². The molecule has 0 fully saturated rings. The molecule has 134 valence electrons. The molecule has 1 aromatic carbocycles. The van der Waals surface area contributed by atoms with Gasteiger partial charge in [0.2, 0.25) is 0 Å². The molecule has 2 rings (SSSR count). The van der Waals surface area contributed by atoms with Crippen LogP contribution in [0.3, 0.4) is 0 Å². The molecular weight excluding hydrogens is 316 g/mol. The summed E-state index contributed by atoms with van der Waals surface area (Å²) >= 11 is 0. The third-order valence-electron chi connectivity index (χ3n) is 4.46. The molecule has 0 saturated carbocycles. The Morgan fingerprint density at radius 1 is 1.16 bits per heavy atom. The predicted octanol–water partition coefficient (Wildman–Crippen LogP) is 4.19. The molecule has 0 unspecified atom stereocenters. The van der Waals surface area contributed by atoms with Crippen LogP contribution in [0.25, 0.3) is 0 Å². The van der Waals surface area contributed by atoms with Gasteiger partial charge in [-0.05, 0) is 49.9 Å². The first-order chi connectivity index (χ1) is 11.8. The van der Waals surface area contributed by atoms with Gasteiger partial charge in [0.1, 0.15) is 5.69 Å². The van der Waals surface area contributed by atoms with Gasteiger partial charge in [-0.2, -0.15) is 0 Å². The summed E-state index contributed by atoms with van der Waals surface area (Å²) in [6.07, 6.45) is 0. The van der Waals surface area contributed by atoms with Crippen LogP contribution in [0.1, 0.15) is 64.4 Å². The molecule has 0 bridgehead atoms. The largest absolute Gasteiger partial charge is 0.461 e. The molecule has 5 nitrogen and oxygen atoms in total. The van der Waals surface area contributed by atoms with Crippen molar-refractivity contribution in [1.29, 1.82) is 0 Å². The standard InChI is InChI=1S/C20H26N2O3/c1-7-25-20(24)18-13(4)17(14(5)22(18)6)19(23)21-16-10-8-15(9-11-16)12(2)3/h8-12H,7H2,1-6H3,(H,21,23). The van der Waals surface area contributed by atoms with Crippen LogP contribution >= 0.6 is 0 Å². The maximum Gasteiger partial charge on any atom is 0.355 e. The molecule has 0 aliphatic carbocycles. The Labute approximate surface area is 149 Å². The van der Waals surface area contributed by atoms with E-state index in [9.17, 15) is 9.59 Å². The first kappa shape index (κ1) is 18.8. The second-order valence-corrected chi connectivity index (χ2v) is 6.44. The number of ether oxygens (including phenoxy) is 1. The highest BCUT2D eigenvalue weighted by molar-refractivity contribution is 6.08. The fraction of sp³-hybridized carbons (Fsp3) is 0.400. The Bertz CT molecular complexity index is 786. The van der Waals surface area contributed by atoms with Crippen molar-refractivity contribution in [3.05, 3.63) is 52.3 Å². The zero-order valence-corrected chi connectivity index (χ0v) is 15.8. The monoisotopic (exact) mass is 342 g/mol. The van der Waals surface area contributed by atoms with E-state index in [2.05, 4.69) is 19.2 Å². The second kappa shape index (κ2) is 7.55. The van der Waals surface area contributed by atoms with Gasteiger partial charge < -0.3 is 14.6 Å². The fourth-order valence-corrected chi connectivity index (χ4v) is 2.95. The van der Waals surface area contributed by atoms with Crippen molar-refractivity contribution in [1.82, 2.24) is 4.57 Å². The third kappa shape index (κ3) is 3.76. The molecular formula is C20H26N2O3. The molecule has 0 atom stereocenters. The lowest BCUT2D eigenvalue weighted by Gasteiger charge is -2.09. The van der Waals surface area contributed by atoms with Crippen molar-refractivity contribution < 1.29 is 14.3 Å². The van der Waals surface area contributed by atoms with E-state index in [4.69, 9.17) is 4.74 Å². The minimum atomic E-state index is -0.411.